The Morgan fingerprint density at radius 1 is 1.23 bits per heavy atom. The van der Waals surface area contributed by atoms with Crippen LogP contribution in [0, 0.1) is 12.7 Å². The van der Waals surface area contributed by atoms with Gasteiger partial charge in [-0.15, -0.1) is 0 Å². The number of para-hydroxylation sites is 1. The highest BCUT2D eigenvalue weighted by Gasteiger charge is 2.29. The molecular weight excluding hydrogens is 277 g/mol. The molecule has 3 nitrogen and oxygen atoms in total. The van der Waals surface area contributed by atoms with Crippen molar-refractivity contribution in [1.29, 1.82) is 0 Å². The molecule has 0 aliphatic carbocycles. The maximum Gasteiger partial charge on any atom is 0.149 e. The Hall–Kier alpha value is -1.94. The van der Waals surface area contributed by atoms with E-state index in [1.807, 2.05) is 13.0 Å². The van der Waals surface area contributed by atoms with Gasteiger partial charge in [-0.1, -0.05) is 24.3 Å². The predicted molar refractivity (Wildman–Crippen MR) is 87.8 cm³/mol. The summed E-state index contributed by atoms with van der Waals surface area (Å²) in [4.78, 5) is 9.28. The van der Waals surface area contributed by atoms with Crippen molar-refractivity contribution in [3.05, 3.63) is 47.9 Å². The summed E-state index contributed by atoms with van der Waals surface area (Å²) in [6.07, 6.45) is 5.65. The molecule has 1 saturated heterocycles. The van der Waals surface area contributed by atoms with Crippen LogP contribution in [0.1, 0.15) is 12.1 Å². The second kappa shape index (κ2) is 5.36. The SMILES string of the molecule is Cc1cc(N2CCC(N3CC=CC3)C2)c2cccc(F)c2n1. The topological polar surface area (TPSA) is 19.4 Å². The number of anilines is 1. The van der Waals surface area contributed by atoms with E-state index >= 15 is 0 Å². The van der Waals surface area contributed by atoms with E-state index in [2.05, 4.69) is 33.0 Å². The highest BCUT2D eigenvalue weighted by molar-refractivity contribution is 5.92. The highest BCUT2D eigenvalue weighted by Crippen LogP contribution is 2.31. The van der Waals surface area contributed by atoms with Gasteiger partial charge in [0.2, 0.25) is 0 Å². The molecule has 0 bridgehead atoms. The van der Waals surface area contributed by atoms with Crippen LogP contribution >= 0.6 is 0 Å². The number of nitrogens with zero attached hydrogens (tertiary/aromatic N) is 3. The Morgan fingerprint density at radius 3 is 2.86 bits per heavy atom. The first kappa shape index (κ1) is 13.7. The lowest BCUT2D eigenvalue weighted by Gasteiger charge is -2.25. The van der Waals surface area contributed by atoms with E-state index in [0.717, 1.165) is 42.9 Å². The summed E-state index contributed by atoms with van der Waals surface area (Å²) in [6.45, 7) is 6.09. The van der Waals surface area contributed by atoms with E-state index in [9.17, 15) is 4.39 Å². The monoisotopic (exact) mass is 297 g/mol. The molecule has 114 valence electrons. The molecule has 0 radical (unpaired) electrons. The molecule has 1 aromatic carbocycles. The fraction of sp³-hybridized carbons (Fsp3) is 0.389. The quantitative estimate of drug-likeness (QED) is 0.794. The maximum atomic E-state index is 14.1. The van der Waals surface area contributed by atoms with Crippen LogP contribution in [0.5, 0.6) is 0 Å². The molecule has 2 aliphatic heterocycles. The predicted octanol–water partition coefficient (Wildman–Crippen LogP) is 3.13. The third-order valence-electron chi connectivity index (χ3n) is 4.76. The lowest BCUT2D eigenvalue weighted by molar-refractivity contribution is 0.271. The van der Waals surface area contributed by atoms with Crippen LogP contribution in [0.25, 0.3) is 10.9 Å². The van der Waals surface area contributed by atoms with E-state index in [1.165, 1.54) is 12.5 Å². The lowest BCUT2D eigenvalue weighted by atomic mass is 10.1. The van der Waals surface area contributed by atoms with Crippen LogP contribution in [0.3, 0.4) is 0 Å². The molecule has 3 heterocycles. The van der Waals surface area contributed by atoms with Crippen LogP contribution in [0.2, 0.25) is 0 Å². The smallest absolute Gasteiger partial charge is 0.149 e. The molecule has 2 aromatic rings. The summed E-state index contributed by atoms with van der Waals surface area (Å²) in [5, 5.41) is 0.922. The van der Waals surface area contributed by atoms with E-state index in [4.69, 9.17) is 0 Å². The van der Waals surface area contributed by atoms with Gasteiger partial charge >= 0.3 is 0 Å². The molecular formula is C18H20FN3. The maximum absolute atomic E-state index is 14.1. The molecule has 1 unspecified atom stereocenters. The molecule has 4 heteroatoms. The summed E-state index contributed by atoms with van der Waals surface area (Å²) < 4.78 is 14.1. The highest BCUT2D eigenvalue weighted by atomic mass is 19.1. The number of pyridine rings is 1. The Bertz CT molecular complexity index is 732. The van der Waals surface area contributed by atoms with E-state index in [0.29, 0.717) is 11.6 Å². The van der Waals surface area contributed by atoms with Gasteiger partial charge in [-0.2, -0.15) is 0 Å². The molecule has 1 aromatic heterocycles. The first-order valence-electron chi connectivity index (χ1n) is 7.92. The number of hydrogen-bond donors (Lipinski definition) is 0. The van der Waals surface area contributed by atoms with Crippen molar-refractivity contribution in [1.82, 2.24) is 9.88 Å². The minimum atomic E-state index is -0.234. The van der Waals surface area contributed by atoms with Gasteiger partial charge in [-0.05, 0) is 25.5 Å². The minimum absolute atomic E-state index is 0.234. The second-order valence-electron chi connectivity index (χ2n) is 6.23. The Labute approximate surface area is 130 Å². The Morgan fingerprint density at radius 2 is 2.05 bits per heavy atom. The molecule has 1 atom stereocenters. The van der Waals surface area contributed by atoms with Crippen molar-refractivity contribution in [2.24, 2.45) is 0 Å². The van der Waals surface area contributed by atoms with Crippen molar-refractivity contribution in [3.63, 3.8) is 0 Å². The van der Waals surface area contributed by atoms with Gasteiger partial charge in [0, 0.05) is 49.0 Å². The zero-order chi connectivity index (χ0) is 15.1. The van der Waals surface area contributed by atoms with Crippen molar-refractivity contribution in [3.8, 4) is 0 Å². The fourth-order valence-corrected chi connectivity index (χ4v) is 3.63. The number of halogens is 1. The first-order chi connectivity index (χ1) is 10.7. The van der Waals surface area contributed by atoms with Gasteiger partial charge in [0.05, 0.1) is 0 Å². The standard InChI is InChI=1S/C18H20FN3/c1-13-11-17(15-5-4-6-16(19)18(15)20-13)22-10-7-14(12-22)21-8-2-3-9-21/h2-6,11,14H,7-10,12H2,1H3. The number of benzene rings is 1. The van der Waals surface area contributed by atoms with Gasteiger partial charge in [0.1, 0.15) is 11.3 Å². The Balaban J connectivity index is 1.68. The van der Waals surface area contributed by atoms with Crippen molar-refractivity contribution in [2.45, 2.75) is 19.4 Å². The van der Waals surface area contributed by atoms with Crippen molar-refractivity contribution >= 4 is 16.6 Å². The second-order valence-corrected chi connectivity index (χ2v) is 6.23. The first-order valence-corrected chi connectivity index (χ1v) is 7.92. The van der Waals surface area contributed by atoms with Gasteiger partial charge < -0.3 is 4.90 Å². The summed E-state index contributed by atoms with van der Waals surface area (Å²) in [5.41, 5.74) is 2.49. The minimum Gasteiger partial charge on any atom is -0.369 e. The molecule has 4 rings (SSSR count). The third kappa shape index (κ3) is 2.28. The molecule has 0 saturated carbocycles. The van der Waals surface area contributed by atoms with Gasteiger partial charge in [0.25, 0.3) is 0 Å². The summed E-state index contributed by atoms with van der Waals surface area (Å²) in [5.74, 6) is -0.234. The van der Waals surface area contributed by atoms with Crippen molar-refractivity contribution < 1.29 is 4.39 Å². The molecule has 0 spiro atoms. The summed E-state index contributed by atoms with van der Waals surface area (Å²) in [6, 6.07) is 7.92. The number of aromatic nitrogens is 1. The normalized spacial score (nSPS) is 22.1. The van der Waals surface area contributed by atoms with Crippen molar-refractivity contribution in [2.75, 3.05) is 31.1 Å². The lowest BCUT2D eigenvalue weighted by Crippen LogP contribution is -2.35. The summed E-state index contributed by atoms with van der Waals surface area (Å²) >= 11 is 0. The number of aryl methyl sites for hydroxylation is 1. The van der Waals surface area contributed by atoms with Gasteiger partial charge in [-0.3, -0.25) is 4.90 Å². The van der Waals surface area contributed by atoms with Crippen LogP contribution in [0.4, 0.5) is 10.1 Å². The number of hydrogen-bond acceptors (Lipinski definition) is 3. The fourth-order valence-electron chi connectivity index (χ4n) is 3.63. The summed E-state index contributed by atoms with van der Waals surface area (Å²) in [7, 11) is 0. The number of rotatable bonds is 2. The van der Waals surface area contributed by atoms with Crippen LogP contribution < -0.4 is 4.90 Å². The van der Waals surface area contributed by atoms with Gasteiger partial charge in [-0.25, -0.2) is 9.37 Å². The van der Waals surface area contributed by atoms with Gasteiger partial charge in [0.15, 0.2) is 0 Å². The average Bonchev–Trinajstić information content (AvgIpc) is 3.18. The zero-order valence-corrected chi connectivity index (χ0v) is 12.8. The molecule has 0 amide bonds. The molecule has 1 fully saturated rings. The average molecular weight is 297 g/mol. The molecule has 2 aliphatic rings. The Kier molecular flexibility index (Phi) is 3.34. The van der Waals surface area contributed by atoms with Crippen LogP contribution in [-0.4, -0.2) is 42.1 Å². The molecule has 22 heavy (non-hydrogen) atoms. The van der Waals surface area contributed by atoms with E-state index in [1.54, 1.807) is 6.07 Å². The van der Waals surface area contributed by atoms with Crippen LogP contribution in [0.15, 0.2) is 36.4 Å². The third-order valence-corrected chi connectivity index (χ3v) is 4.76. The van der Waals surface area contributed by atoms with E-state index < -0.39 is 0 Å². The van der Waals surface area contributed by atoms with Crippen LogP contribution in [-0.2, 0) is 0 Å². The number of fused-ring (bicyclic) bond motifs is 1. The zero-order valence-electron chi connectivity index (χ0n) is 12.8. The molecule has 0 N–H and O–H groups in total. The largest absolute Gasteiger partial charge is 0.369 e. The van der Waals surface area contributed by atoms with E-state index in [-0.39, 0.29) is 5.82 Å².